The number of benzene rings is 1. The van der Waals surface area contributed by atoms with Crippen molar-refractivity contribution in [2.24, 2.45) is 11.8 Å². The van der Waals surface area contributed by atoms with Crippen LogP contribution < -0.4 is 15.4 Å². The molecule has 0 aromatic heterocycles. The molecule has 3 heterocycles. The number of carbonyl (C=O) groups excluding carboxylic acids is 6. The maximum absolute atomic E-state index is 14.4. The Balaban J connectivity index is 1.22. The van der Waals surface area contributed by atoms with Crippen LogP contribution in [0.5, 0.6) is 0 Å². The summed E-state index contributed by atoms with van der Waals surface area (Å²) < 4.78 is 47.4. The minimum Gasteiger partial charge on any atom is -0.444 e. The van der Waals surface area contributed by atoms with Gasteiger partial charge in [-0.3, -0.25) is 33.6 Å². The molecule has 17 heteroatoms. The smallest absolute Gasteiger partial charge is 0.410 e. The van der Waals surface area contributed by atoms with E-state index in [2.05, 4.69) is 28.5 Å². The van der Waals surface area contributed by atoms with Crippen molar-refractivity contribution in [3.63, 3.8) is 0 Å². The molecule has 6 rings (SSSR count). The summed E-state index contributed by atoms with van der Waals surface area (Å²) in [5, 5.41) is 4.61. The molecule has 0 radical (unpaired) electrons. The predicted octanol–water partition coefficient (Wildman–Crippen LogP) is 0.0658. The number of nitrogens with zero attached hydrogens (tertiary/aromatic N) is 3. The van der Waals surface area contributed by atoms with E-state index in [-0.39, 0.29) is 51.5 Å². The second-order valence-electron chi connectivity index (χ2n) is 13.5. The van der Waals surface area contributed by atoms with Crippen molar-refractivity contribution in [1.29, 1.82) is 0 Å². The lowest BCUT2D eigenvalue weighted by Gasteiger charge is -2.43. The van der Waals surface area contributed by atoms with Crippen LogP contribution in [-0.4, -0.2) is 107 Å². The molecule has 2 saturated carbocycles. The van der Waals surface area contributed by atoms with Gasteiger partial charge in [0.05, 0.1) is 18.3 Å². The number of hydrogen-bond acceptors (Lipinski definition) is 9. The first-order valence-electron chi connectivity index (χ1n) is 16.4. The average molecular weight is 715 g/mol. The van der Waals surface area contributed by atoms with Crippen molar-refractivity contribution in [2.75, 3.05) is 19.6 Å². The van der Waals surface area contributed by atoms with Gasteiger partial charge in [0.2, 0.25) is 33.7 Å². The summed E-state index contributed by atoms with van der Waals surface area (Å²) in [6, 6.07) is 2.09. The van der Waals surface area contributed by atoms with Crippen LogP contribution >= 0.6 is 0 Å². The number of amides is 6. The molecule has 3 N–H and O–H groups in total. The Morgan fingerprint density at radius 3 is 2.38 bits per heavy atom. The van der Waals surface area contributed by atoms with Gasteiger partial charge in [-0.1, -0.05) is 24.8 Å². The zero-order valence-corrected chi connectivity index (χ0v) is 28.2. The van der Waals surface area contributed by atoms with E-state index in [1.54, 1.807) is 6.07 Å². The van der Waals surface area contributed by atoms with Gasteiger partial charge in [-0.2, -0.15) is 0 Å². The molecule has 1 aromatic rings. The Morgan fingerprint density at radius 1 is 1.06 bits per heavy atom. The Kier molecular flexibility index (Phi) is 9.22. The standard InChI is InChI=1S/C33H39FN6O9S/c1-4-21-12-33(21,31(45)37-50(47,48)23-9-10-23)36-29(43)26-11-22(49-32(46)39-13-19-7-6-8-25(34)24(19)17-39)16-40(26)30(44)28(35-18(3)41)20-14-38(15-20)27(42)5-2/h4-8,20-23,26,28H,1-2,9-17H2,3H3,(H,35,41)(H,36,43)(H,37,45)/t21-,22-,26+,28?,33-/m1/s1. The lowest BCUT2D eigenvalue weighted by Crippen LogP contribution is -2.64. The molecule has 5 aliphatic rings. The van der Waals surface area contributed by atoms with Crippen molar-refractivity contribution in [1.82, 2.24) is 30.1 Å². The largest absolute Gasteiger partial charge is 0.444 e. The van der Waals surface area contributed by atoms with E-state index in [9.17, 15) is 41.6 Å². The van der Waals surface area contributed by atoms with Gasteiger partial charge in [0.1, 0.15) is 29.5 Å². The highest BCUT2D eigenvalue weighted by atomic mass is 32.2. The maximum atomic E-state index is 14.4. The minimum absolute atomic E-state index is 0.0311. The molecule has 1 unspecified atom stereocenters. The minimum atomic E-state index is -3.94. The highest BCUT2D eigenvalue weighted by molar-refractivity contribution is 7.91. The van der Waals surface area contributed by atoms with E-state index in [4.69, 9.17) is 4.74 Å². The van der Waals surface area contributed by atoms with E-state index < -0.39 is 86.4 Å². The van der Waals surface area contributed by atoms with E-state index in [1.165, 1.54) is 39.8 Å². The van der Waals surface area contributed by atoms with E-state index >= 15 is 0 Å². The van der Waals surface area contributed by atoms with E-state index in [1.807, 2.05) is 0 Å². The van der Waals surface area contributed by atoms with Crippen LogP contribution in [0, 0.1) is 17.7 Å². The Morgan fingerprint density at radius 2 is 1.78 bits per heavy atom. The third-order valence-electron chi connectivity index (χ3n) is 10.0. The molecule has 5 atom stereocenters. The molecule has 3 aliphatic heterocycles. The summed E-state index contributed by atoms with van der Waals surface area (Å²) >= 11 is 0. The highest BCUT2D eigenvalue weighted by Gasteiger charge is 2.62. The lowest BCUT2D eigenvalue weighted by atomic mass is 9.90. The fourth-order valence-corrected chi connectivity index (χ4v) is 8.30. The van der Waals surface area contributed by atoms with Gasteiger partial charge in [-0.25, -0.2) is 17.6 Å². The monoisotopic (exact) mass is 714 g/mol. The molecular weight excluding hydrogens is 675 g/mol. The lowest BCUT2D eigenvalue weighted by molar-refractivity contribution is -0.147. The summed E-state index contributed by atoms with van der Waals surface area (Å²) in [6.45, 7) is 8.47. The van der Waals surface area contributed by atoms with Crippen molar-refractivity contribution in [3.05, 3.63) is 60.5 Å². The molecule has 2 saturated heterocycles. The first-order valence-corrected chi connectivity index (χ1v) is 17.9. The van der Waals surface area contributed by atoms with Crippen LogP contribution in [0.2, 0.25) is 0 Å². The van der Waals surface area contributed by atoms with Crippen LogP contribution in [0.15, 0.2) is 43.5 Å². The number of nitrogens with one attached hydrogen (secondary N) is 3. The van der Waals surface area contributed by atoms with Crippen LogP contribution in [0.25, 0.3) is 0 Å². The van der Waals surface area contributed by atoms with Crippen molar-refractivity contribution < 1.29 is 46.3 Å². The van der Waals surface area contributed by atoms with Crippen LogP contribution in [0.1, 0.15) is 43.7 Å². The quantitative estimate of drug-likeness (QED) is 0.210. The van der Waals surface area contributed by atoms with Gasteiger partial charge in [-0.05, 0) is 37.0 Å². The molecule has 4 fully saturated rings. The zero-order chi connectivity index (χ0) is 36.1. The average Bonchev–Trinajstić information content (AvgIpc) is 3.93. The normalized spacial score (nSPS) is 26.2. The molecular formula is C33H39FN6O9S. The molecule has 1 aromatic carbocycles. The van der Waals surface area contributed by atoms with Crippen molar-refractivity contribution >= 4 is 45.7 Å². The number of carbonyl (C=O) groups is 6. The van der Waals surface area contributed by atoms with Crippen LogP contribution in [0.4, 0.5) is 9.18 Å². The number of fused-ring (bicyclic) bond motifs is 1. The first-order chi connectivity index (χ1) is 23.7. The maximum Gasteiger partial charge on any atom is 0.410 e. The van der Waals surface area contributed by atoms with Gasteiger partial charge >= 0.3 is 6.09 Å². The third-order valence-corrected chi connectivity index (χ3v) is 11.9. The molecule has 0 bridgehead atoms. The Bertz CT molecular complexity index is 1780. The van der Waals surface area contributed by atoms with Gasteiger partial charge in [0.15, 0.2) is 0 Å². The fourth-order valence-electron chi connectivity index (χ4n) is 6.93. The molecule has 0 spiro atoms. The van der Waals surface area contributed by atoms with Gasteiger partial charge in [0.25, 0.3) is 5.91 Å². The Labute approximate surface area is 288 Å². The predicted molar refractivity (Wildman–Crippen MR) is 173 cm³/mol. The number of hydrogen-bond donors (Lipinski definition) is 3. The van der Waals surface area contributed by atoms with Crippen molar-refractivity contribution in [2.45, 2.75) is 74.7 Å². The number of likely N-dealkylation sites (tertiary alicyclic amines) is 2. The highest BCUT2D eigenvalue weighted by Crippen LogP contribution is 2.45. The van der Waals surface area contributed by atoms with E-state index in [0.29, 0.717) is 24.0 Å². The second kappa shape index (κ2) is 13.2. The van der Waals surface area contributed by atoms with Crippen LogP contribution in [-0.2, 0) is 51.8 Å². The second-order valence-corrected chi connectivity index (χ2v) is 15.5. The van der Waals surface area contributed by atoms with E-state index in [0.717, 1.165) is 6.08 Å². The number of halogens is 1. The summed E-state index contributed by atoms with van der Waals surface area (Å²) in [5.74, 6) is -4.81. The molecule has 6 amide bonds. The molecule has 50 heavy (non-hydrogen) atoms. The van der Waals surface area contributed by atoms with Gasteiger partial charge < -0.3 is 25.2 Å². The number of sulfonamides is 1. The zero-order valence-electron chi connectivity index (χ0n) is 27.4. The summed E-state index contributed by atoms with van der Waals surface area (Å²) in [7, 11) is -3.94. The van der Waals surface area contributed by atoms with Gasteiger partial charge in [0, 0.05) is 50.4 Å². The number of rotatable bonds is 11. The first kappa shape index (κ1) is 35.0. The fraction of sp³-hybridized carbons (Fsp3) is 0.515. The molecule has 268 valence electrons. The molecule has 15 nitrogen and oxygen atoms in total. The van der Waals surface area contributed by atoms with Crippen LogP contribution in [0.3, 0.4) is 0 Å². The topological polar surface area (TPSA) is 192 Å². The number of ether oxygens (including phenoxy) is 1. The summed E-state index contributed by atoms with van der Waals surface area (Å²) in [6.07, 6.45) is 1.49. The van der Waals surface area contributed by atoms with Crippen molar-refractivity contribution in [3.8, 4) is 0 Å². The Hall–Kier alpha value is -4.80. The summed E-state index contributed by atoms with van der Waals surface area (Å²) in [4.78, 5) is 83.1. The van der Waals surface area contributed by atoms with Gasteiger partial charge in [-0.15, -0.1) is 6.58 Å². The third kappa shape index (κ3) is 6.69. The SMILES string of the molecule is C=CC(=O)N1CC(C(NC(C)=O)C(=O)N2C[C@H](OC(=O)N3Cc4cccc(F)c4C3)C[C@H]2C(=O)N[C@]2(C(=O)NS(=O)(=O)C3CC3)C[C@H]2C=C)C1. The molecule has 2 aliphatic carbocycles. The summed E-state index contributed by atoms with van der Waals surface area (Å²) in [5.41, 5.74) is -0.647.